The molecule has 0 saturated carbocycles. The number of fused-ring (bicyclic) bond motifs is 5. The fourth-order valence-corrected chi connectivity index (χ4v) is 5.01. The van der Waals surface area contributed by atoms with Gasteiger partial charge >= 0.3 is 5.97 Å². The molecule has 2 amide bonds. The molecule has 3 heterocycles. The molecule has 0 N–H and O–H groups in total. The van der Waals surface area contributed by atoms with Crippen LogP contribution in [0.1, 0.15) is 34.5 Å². The third-order valence-electron chi connectivity index (χ3n) is 6.26. The molecule has 2 aromatic carbocycles. The maximum absolute atomic E-state index is 13.7. The second-order valence-electron chi connectivity index (χ2n) is 7.83. The van der Waals surface area contributed by atoms with Gasteiger partial charge in [-0.05, 0) is 30.2 Å². The van der Waals surface area contributed by atoms with E-state index in [1.807, 2.05) is 24.3 Å². The van der Waals surface area contributed by atoms with Crippen LogP contribution in [-0.2, 0) is 19.1 Å². The van der Waals surface area contributed by atoms with Crippen molar-refractivity contribution in [3.05, 3.63) is 65.2 Å². The zero-order valence-electron chi connectivity index (χ0n) is 16.9. The van der Waals surface area contributed by atoms with Crippen LogP contribution < -0.4 is 4.90 Å². The number of methoxy groups -OCH3 is 1. The number of hydrogen-bond donors (Lipinski definition) is 0. The Morgan fingerprint density at radius 3 is 2.39 bits per heavy atom. The van der Waals surface area contributed by atoms with Crippen molar-refractivity contribution in [2.45, 2.75) is 19.0 Å². The predicted octanol–water partition coefficient (Wildman–Crippen LogP) is 1.94. The van der Waals surface area contributed by atoms with Crippen molar-refractivity contribution in [2.75, 3.05) is 12.0 Å². The van der Waals surface area contributed by atoms with E-state index < -0.39 is 41.7 Å². The summed E-state index contributed by atoms with van der Waals surface area (Å²) >= 11 is 0. The number of benzene rings is 2. The molecule has 4 atom stereocenters. The first-order chi connectivity index (χ1) is 15.0. The molecule has 8 nitrogen and oxygen atoms in total. The number of nitrogens with zero attached hydrogens (tertiary/aromatic N) is 3. The van der Waals surface area contributed by atoms with Gasteiger partial charge in [0, 0.05) is 0 Å². The zero-order chi connectivity index (χ0) is 21.9. The third-order valence-corrected chi connectivity index (χ3v) is 6.26. The number of anilines is 1. The van der Waals surface area contributed by atoms with Crippen molar-refractivity contribution >= 4 is 35.5 Å². The number of amides is 2. The van der Waals surface area contributed by atoms with Gasteiger partial charge in [-0.2, -0.15) is 5.10 Å². The summed E-state index contributed by atoms with van der Waals surface area (Å²) in [6, 6.07) is 12.4. The van der Waals surface area contributed by atoms with Gasteiger partial charge in [0.05, 0.1) is 42.5 Å². The molecule has 0 aliphatic carbocycles. The molecule has 5 rings (SSSR count). The number of imide groups is 1. The van der Waals surface area contributed by atoms with E-state index in [0.29, 0.717) is 0 Å². The highest BCUT2D eigenvalue weighted by Crippen LogP contribution is 2.52. The smallest absolute Gasteiger partial charge is 0.339 e. The van der Waals surface area contributed by atoms with E-state index in [-0.39, 0.29) is 17.0 Å². The molecule has 2 fully saturated rings. The van der Waals surface area contributed by atoms with Crippen LogP contribution in [0.5, 0.6) is 0 Å². The fraction of sp³-hybridized carbons (Fsp3) is 0.261. The summed E-state index contributed by atoms with van der Waals surface area (Å²) in [5.41, 5.74) is 1.98. The molecule has 0 radical (unpaired) electrons. The Kier molecular flexibility index (Phi) is 4.25. The molecule has 0 unspecified atom stereocenters. The first kappa shape index (κ1) is 19.2. The van der Waals surface area contributed by atoms with Gasteiger partial charge in [-0.1, -0.05) is 36.4 Å². The van der Waals surface area contributed by atoms with Crippen LogP contribution in [0, 0.1) is 11.8 Å². The predicted molar refractivity (Wildman–Crippen MR) is 110 cm³/mol. The molecule has 156 valence electrons. The van der Waals surface area contributed by atoms with Crippen LogP contribution in [0.4, 0.5) is 5.69 Å². The van der Waals surface area contributed by atoms with Crippen LogP contribution in [-0.4, -0.2) is 47.9 Å². The molecule has 3 aliphatic heterocycles. The Morgan fingerprint density at radius 2 is 1.65 bits per heavy atom. The standard InChI is InChI=1S/C23H19N3O5/c1-12(27)19-17-18(20-14-8-4-3-7-13(14)11-24-26(19)20)22(29)25(21(17)28)16-10-6-5-9-15(16)23(30)31-2/h3-11,17-20H,1-2H3/t17-,18-,19-,20+/m0/s1. The van der Waals surface area contributed by atoms with Gasteiger partial charge in [0.15, 0.2) is 5.78 Å². The number of rotatable bonds is 3. The van der Waals surface area contributed by atoms with Crippen LogP contribution >= 0.6 is 0 Å². The number of carbonyl (C=O) groups excluding carboxylic acids is 4. The molecule has 0 aromatic heterocycles. The van der Waals surface area contributed by atoms with Gasteiger partial charge in [0.2, 0.25) is 11.8 Å². The number of para-hydroxylation sites is 1. The molecule has 31 heavy (non-hydrogen) atoms. The third kappa shape index (κ3) is 2.57. The van der Waals surface area contributed by atoms with Gasteiger partial charge in [-0.15, -0.1) is 0 Å². The van der Waals surface area contributed by atoms with Crippen molar-refractivity contribution in [3.63, 3.8) is 0 Å². The number of ether oxygens (including phenoxy) is 1. The topological polar surface area (TPSA) is 96.3 Å². The molecular formula is C23H19N3O5. The van der Waals surface area contributed by atoms with E-state index in [1.54, 1.807) is 23.4 Å². The van der Waals surface area contributed by atoms with Crippen LogP contribution in [0.3, 0.4) is 0 Å². The molecule has 0 bridgehead atoms. The average Bonchev–Trinajstić information content (AvgIpc) is 3.26. The Hall–Kier alpha value is -3.81. The van der Waals surface area contributed by atoms with Crippen molar-refractivity contribution in [2.24, 2.45) is 16.9 Å². The van der Waals surface area contributed by atoms with E-state index in [4.69, 9.17) is 4.74 Å². The lowest BCUT2D eigenvalue weighted by Crippen LogP contribution is -2.44. The maximum atomic E-state index is 13.7. The van der Waals surface area contributed by atoms with E-state index in [1.165, 1.54) is 26.2 Å². The van der Waals surface area contributed by atoms with Crippen molar-refractivity contribution in [1.29, 1.82) is 0 Å². The van der Waals surface area contributed by atoms with Gasteiger partial charge in [-0.25, -0.2) is 9.69 Å². The summed E-state index contributed by atoms with van der Waals surface area (Å²) in [6.07, 6.45) is 1.65. The number of hydrogen-bond acceptors (Lipinski definition) is 7. The summed E-state index contributed by atoms with van der Waals surface area (Å²) < 4.78 is 4.82. The van der Waals surface area contributed by atoms with Crippen LogP contribution in [0.25, 0.3) is 0 Å². The summed E-state index contributed by atoms with van der Waals surface area (Å²) in [7, 11) is 1.24. The Morgan fingerprint density at radius 1 is 0.968 bits per heavy atom. The summed E-state index contributed by atoms with van der Waals surface area (Å²) in [6.45, 7) is 1.41. The first-order valence-corrected chi connectivity index (χ1v) is 9.92. The molecule has 0 spiro atoms. The number of ketones is 1. The normalized spacial score (nSPS) is 25.9. The van der Waals surface area contributed by atoms with Crippen molar-refractivity contribution in [1.82, 2.24) is 5.01 Å². The van der Waals surface area contributed by atoms with Crippen molar-refractivity contribution in [3.8, 4) is 0 Å². The minimum absolute atomic E-state index is 0.116. The molecule has 8 heteroatoms. The first-order valence-electron chi connectivity index (χ1n) is 9.92. The van der Waals surface area contributed by atoms with E-state index in [9.17, 15) is 19.2 Å². The minimum atomic E-state index is -0.885. The van der Waals surface area contributed by atoms with Crippen molar-refractivity contribution < 1.29 is 23.9 Å². The van der Waals surface area contributed by atoms with Gasteiger partial charge in [0.1, 0.15) is 6.04 Å². The van der Waals surface area contributed by atoms with Gasteiger partial charge in [0.25, 0.3) is 0 Å². The Bertz CT molecular complexity index is 1170. The Balaban J connectivity index is 1.66. The largest absolute Gasteiger partial charge is 0.465 e. The van der Waals surface area contributed by atoms with E-state index >= 15 is 0 Å². The minimum Gasteiger partial charge on any atom is -0.465 e. The van der Waals surface area contributed by atoms with E-state index in [0.717, 1.165) is 16.0 Å². The number of carbonyl (C=O) groups is 4. The van der Waals surface area contributed by atoms with Crippen LogP contribution in [0.15, 0.2) is 53.6 Å². The number of esters is 1. The molecule has 2 aromatic rings. The highest BCUT2D eigenvalue weighted by atomic mass is 16.5. The number of hydrazone groups is 1. The summed E-state index contributed by atoms with van der Waals surface area (Å²) in [5.74, 6) is -3.51. The van der Waals surface area contributed by atoms with Gasteiger partial charge < -0.3 is 4.74 Å². The molecule has 3 aliphatic rings. The average molecular weight is 417 g/mol. The number of Topliss-reactive ketones (excluding diaryl/α,β-unsaturated/α-hetero) is 1. The highest BCUT2D eigenvalue weighted by molar-refractivity contribution is 6.25. The lowest BCUT2D eigenvalue weighted by atomic mass is 9.84. The Labute approximate surface area is 178 Å². The fourth-order valence-electron chi connectivity index (χ4n) is 5.01. The maximum Gasteiger partial charge on any atom is 0.339 e. The lowest BCUT2D eigenvalue weighted by Gasteiger charge is -2.33. The monoisotopic (exact) mass is 417 g/mol. The molecular weight excluding hydrogens is 398 g/mol. The lowest BCUT2D eigenvalue weighted by molar-refractivity contribution is -0.129. The zero-order valence-corrected chi connectivity index (χ0v) is 16.9. The molecule has 2 saturated heterocycles. The summed E-state index contributed by atoms with van der Waals surface area (Å²) in [5, 5.41) is 6.03. The highest BCUT2D eigenvalue weighted by Gasteiger charge is 2.65. The SMILES string of the molecule is COC(=O)c1ccccc1N1C(=O)[C@H]2[C@H](C1=O)[C@H](C(C)=O)N1N=Cc3ccccc3[C@H]21. The quantitative estimate of drug-likeness (QED) is 0.559. The summed E-state index contributed by atoms with van der Waals surface area (Å²) in [4.78, 5) is 53.1. The second-order valence-corrected chi connectivity index (χ2v) is 7.83. The van der Waals surface area contributed by atoms with Crippen LogP contribution in [0.2, 0.25) is 0 Å². The van der Waals surface area contributed by atoms with Gasteiger partial charge in [-0.3, -0.25) is 19.4 Å². The second kappa shape index (κ2) is 6.87. The van der Waals surface area contributed by atoms with E-state index in [2.05, 4.69) is 5.10 Å².